The molecule has 2 saturated heterocycles. The molecule has 3 nitrogen and oxygen atoms in total. The van der Waals surface area contributed by atoms with Crippen LogP contribution in [-0.2, 0) is 4.74 Å². The molecule has 4 heteroatoms. The summed E-state index contributed by atoms with van der Waals surface area (Å²) in [6.45, 7) is 2.64. The Labute approximate surface area is 118 Å². The van der Waals surface area contributed by atoms with Crippen molar-refractivity contribution < 1.29 is 13.9 Å². The number of ether oxygens (including phenoxy) is 1. The molecule has 0 amide bonds. The molecule has 0 radical (unpaired) electrons. The average Bonchev–Trinajstić information content (AvgIpc) is 2.85. The first-order valence-corrected chi connectivity index (χ1v) is 8.16. The van der Waals surface area contributed by atoms with Crippen LogP contribution in [0, 0.1) is 12.8 Å². The van der Waals surface area contributed by atoms with Crippen LogP contribution in [0.1, 0.15) is 41.8 Å². The number of aryl methyl sites for hydroxylation is 1. The Balaban J connectivity index is 1.74. The van der Waals surface area contributed by atoms with E-state index in [2.05, 4.69) is 0 Å². The molecule has 1 spiro atoms. The molecule has 19 heavy (non-hydrogen) atoms. The molecule has 0 bridgehead atoms. The summed E-state index contributed by atoms with van der Waals surface area (Å²) in [6, 6.07) is 1.86. The third-order valence-electron chi connectivity index (χ3n) is 4.35. The largest absolute Gasteiger partial charge is 0.461 e. The summed E-state index contributed by atoms with van der Waals surface area (Å²) in [6.07, 6.45) is 5.46. The number of rotatable bonds is 2. The lowest BCUT2D eigenvalue weighted by Crippen LogP contribution is -2.44. The maximum atomic E-state index is 12.6. The van der Waals surface area contributed by atoms with Gasteiger partial charge in [-0.3, -0.25) is 4.79 Å². The molecule has 3 rings (SSSR count). The van der Waals surface area contributed by atoms with E-state index in [4.69, 9.17) is 9.15 Å². The zero-order chi connectivity index (χ0) is 13.3. The molecule has 0 N–H and O–H groups in total. The fourth-order valence-corrected chi connectivity index (χ4v) is 4.39. The quantitative estimate of drug-likeness (QED) is 0.778. The zero-order valence-electron chi connectivity index (χ0n) is 11.3. The van der Waals surface area contributed by atoms with Crippen LogP contribution in [-0.4, -0.2) is 29.5 Å². The Bertz CT molecular complexity index is 454. The number of thioether (sulfide) groups is 1. The lowest BCUT2D eigenvalue weighted by molar-refractivity contribution is -0.0961. The van der Waals surface area contributed by atoms with Gasteiger partial charge in [0.05, 0.1) is 11.9 Å². The number of furan rings is 1. The van der Waals surface area contributed by atoms with Crippen LogP contribution in [0.25, 0.3) is 0 Å². The molecular weight excluding hydrogens is 260 g/mol. The molecular formula is C15H20O3S. The van der Waals surface area contributed by atoms with Gasteiger partial charge in [-0.1, -0.05) is 0 Å². The van der Waals surface area contributed by atoms with Crippen LogP contribution >= 0.6 is 11.8 Å². The number of carbonyl (C=O) groups is 1. The minimum Gasteiger partial charge on any atom is -0.461 e. The van der Waals surface area contributed by atoms with Crippen molar-refractivity contribution in [2.24, 2.45) is 5.92 Å². The summed E-state index contributed by atoms with van der Waals surface area (Å²) < 4.78 is 11.4. The Kier molecular flexibility index (Phi) is 3.72. The van der Waals surface area contributed by atoms with Crippen molar-refractivity contribution in [2.75, 3.05) is 18.1 Å². The van der Waals surface area contributed by atoms with Crippen LogP contribution in [0.2, 0.25) is 0 Å². The molecule has 104 valence electrons. The van der Waals surface area contributed by atoms with E-state index in [0.717, 1.165) is 42.8 Å². The number of Topliss-reactive ketones (excluding diaryl/α,β-unsaturated/α-hetero) is 1. The fourth-order valence-electron chi connectivity index (χ4n) is 3.15. The van der Waals surface area contributed by atoms with E-state index in [1.54, 1.807) is 6.26 Å². The second kappa shape index (κ2) is 5.33. The molecule has 0 aromatic carbocycles. The van der Waals surface area contributed by atoms with Crippen LogP contribution in [0.5, 0.6) is 0 Å². The SMILES string of the molecule is Cc1ccoc1C(=O)C1CCOC2(CCSCC2)C1. The van der Waals surface area contributed by atoms with Gasteiger partial charge >= 0.3 is 0 Å². The number of hydrogen-bond donors (Lipinski definition) is 0. The van der Waals surface area contributed by atoms with Crippen LogP contribution < -0.4 is 0 Å². The molecule has 0 saturated carbocycles. The van der Waals surface area contributed by atoms with E-state index in [0.29, 0.717) is 12.4 Å². The Morgan fingerprint density at radius 1 is 1.42 bits per heavy atom. The summed E-state index contributed by atoms with van der Waals surface area (Å²) in [7, 11) is 0. The summed E-state index contributed by atoms with van der Waals surface area (Å²) in [5, 5.41) is 0. The van der Waals surface area contributed by atoms with E-state index in [9.17, 15) is 4.79 Å². The molecule has 1 unspecified atom stereocenters. The van der Waals surface area contributed by atoms with E-state index >= 15 is 0 Å². The maximum Gasteiger partial charge on any atom is 0.201 e. The average molecular weight is 280 g/mol. The van der Waals surface area contributed by atoms with Gasteiger partial charge in [0, 0.05) is 12.5 Å². The minimum atomic E-state index is -0.0374. The smallest absolute Gasteiger partial charge is 0.201 e. The summed E-state index contributed by atoms with van der Waals surface area (Å²) in [5.41, 5.74) is 0.911. The Morgan fingerprint density at radius 3 is 2.89 bits per heavy atom. The first-order valence-electron chi connectivity index (χ1n) is 7.00. The van der Waals surface area contributed by atoms with Gasteiger partial charge in [-0.15, -0.1) is 0 Å². The van der Waals surface area contributed by atoms with Gasteiger partial charge in [0.1, 0.15) is 0 Å². The van der Waals surface area contributed by atoms with Gasteiger partial charge in [-0.05, 0) is 55.7 Å². The maximum absolute atomic E-state index is 12.6. The molecule has 1 atom stereocenters. The van der Waals surface area contributed by atoms with E-state index < -0.39 is 0 Å². The number of hydrogen-bond acceptors (Lipinski definition) is 4. The Morgan fingerprint density at radius 2 is 2.21 bits per heavy atom. The molecule has 1 aromatic heterocycles. The molecule has 1 aromatic rings. The molecule has 2 aliphatic heterocycles. The van der Waals surface area contributed by atoms with Gasteiger partial charge < -0.3 is 9.15 Å². The van der Waals surface area contributed by atoms with Gasteiger partial charge in [0.2, 0.25) is 5.78 Å². The van der Waals surface area contributed by atoms with Crippen LogP contribution in [0.15, 0.2) is 16.7 Å². The lowest BCUT2D eigenvalue weighted by atomic mass is 9.79. The van der Waals surface area contributed by atoms with Gasteiger partial charge in [-0.25, -0.2) is 0 Å². The van der Waals surface area contributed by atoms with Crippen molar-refractivity contribution >= 4 is 17.5 Å². The van der Waals surface area contributed by atoms with Crippen molar-refractivity contribution in [3.8, 4) is 0 Å². The standard InChI is InChI=1S/C15H20O3S/c1-11-2-6-17-14(11)13(16)12-3-7-18-15(10-12)4-8-19-9-5-15/h2,6,12H,3-5,7-10H2,1H3. The number of ketones is 1. The normalized spacial score (nSPS) is 26.5. The van der Waals surface area contributed by atoms with E-state index in [1.165, 1.54) is 0 Å². The van der Waals surface area contributed by atoms with Crippen LogP contribution in [0.4, 0.5) is 0 Å². The highest BCUT2D eigenvalue weighted by Crippen LogP contribution is 2.40. The van der Waals surface area contributed by atoms with Gasteiger partial charge in [-0.2, -0.15) is 11.8 Å². The van der Waals surface area contributed by atoms with Crippen LogP contribution in [0.3, 0.4) is 0 Å². The van der Waals surface area contributed by atoms with Crippen molar-refractivity contribution in [1.29, 1.82) is 0 Å². The predicted molar refractivity (Wildman–Crippen MR) is 75.7 cm³/mol. The molecule has 2 aliphatic rings. The van der Waals surface area contributed by atoms with Gasteiger partial charge in [0.15, 0.2) is 5.76 Å². The topological polar surface area (TPSA) is 39.4 Å². The van der Waals surface area contributed by atoms with E-state index in [1.807, 2.05) is 24.8 Å². The highest BCUT2D eigenvalue weighted by atomic mass is 32.2. The molecule has 2 fully saturated rings. The van der Waals surface area contributed by atoms with Crippen molar-refractivity contribution in [2.45, 2.75) is 38.2 Å². The van der Waals surface area contributed by atoms with Crippen molar-refractivity contribution in [1.82, 2.24) is 0 Å². The third-order valence-corrected chi connectivity index (χ3v) is 5.34. The third kappa shape index (κ3) is 2.61. The number of carbonyl (C=O) groups excluding carboxylic acids is 1. The predicted octanol–water partition coefficient (Wildman–Crippen LogP) is 3.46. The van der Waals surface area contributed by atoms with E-state index in [-0.39, 0.29) is 17.3 Å². The second-order valence-corrected chi connectivity index (χ2v) is 6.86. The molecule has 0 aliphatic carbocycles. The van der Waals surface area contributed by atoms with Crippen molar-refractivity contribution in [3.05, 3.63) is 23.7 Å². The first-order chi connectivity index (χ1) is 9.20. The highest BCUT2D eigenvalue weighted by molar-refractivity contribution is 7.99. The minimum absolute atomic E-state index is 0.0374. The summed E-state index contributed by atoms with van der Waals surface area (Å²) in [5.74, 6) is 3.10. The summed E-state index contributed by atoms with van der Waals surface area (Å²) in [4.78, 5) is 12.6. The zero-order valence-corrected chi connectivity index (χ0v) is 12.1. The summed E-state index contributed by atoms with van der Waals surface area (Å²) >= 11 is 1.99. The second-order valence-electron chi connectivity index (χ2n) is 5.63. The van der Waals surface area contributed by atoms with Gasteiger partial charge in [0.25, 0.3) is 0 Å². The molecule has 3 heterocycles. The first kappa shape index (κ1) is 13.3. The lowest BCUT2D eigenvalue weighted by Gasteiger charge is -2.42. The Hall–Kier alpha value is -0.740. The monoisotopic (exact) mass is 280 g/mol. The van der Waals surface area contributed by atoms with Crippen molar-refractivity contribution in [3.63, 3.8) is 0 Å². The fraction of sp³-hybridized carbons (Fsp3) is 0.667. The highest BCUT2D eigenvalue weighted by Gasteiger charge is 2.41.